The van der Waals surface area contributed by atoms with Crippen LogP contribution in [-0.2, 0) is 4.79 Å². The third-order valence-electron chi connectivity index (χ3n) is 6.15. The highest BCUT2D eigenvalue weighted by atomic mass is 35.5. The molecule has 0 spiro atoms. The quantitative estimate of drug-likeness (QED) is 0.142. The van der Waals surface area contributed by atoms with E-state index in [1.54, 1.807) is 0 Å². The number of hydrogen-bond donors (Lipinski definition) is 4. The molecule has 1 aromatic carbocycles. The topological polar surface area (TPSA) is 162 Å². The maximum atomic E-state index is 15.4. The molecule has 1 saturated heterocycles. The van der Waals surface area contributed by atoms with Gasteiger partial charge in [-0.05, 0) is 43.0 Å². The zero-order valence-corrected chi connectivity index (χ0v) is 19.9. The molecule has 0 aliphatic carbocycles. The Morgan fingerprint density at radius 3 is 2.84 bits per heavy atom. The minimum atomic E-state index is -2.70. The molecule has 194 valence electrons. The molecule has 0 bridgehead atoms. The van der Waals surface area contributed by atoms with Crippen LogP contribution in [-0.4, -0.2) is 49.2 Å². The van der Waals surface area contributed by atoms with Gasteiger partial charge in [-0.1, -0.05) is 16.8 Å². The average molecular weight is 544 g/mol. The van der Waals surface area contributed by atoms with Gasteiger partial charge in [0.05, 0.1) is 30.0 Å². The van der Waals surface area contributed by atoms with Gasteiger partial charge in [0.1, 0.15) is 12.2 Å². The van der Waals surface area contributed by atoms with Crippen LogP contribution in [0.2, 0.25) is 5.02 Å². The number of nitrogens with zero attached hydrogens (tertiary/aromatic N) is 5. The molecule has 4 heterocycles. The fourth-order valence-electron chi connectivity index (χ4n) is 4.48. The maximum absolute atomic E-state index is 15.4. The fourth-order valence-corrected chi connectivity index (χ4v) is 4.64. The molecule has 2 atom stereocenters. The highest BCUT2D eigenvalue weighted by molar-refractivity contribution is 6.31. The molecule has 11 nitrogen and oxygen atoms in total. The van der Waals surface area contributed by atoms with Crippen molar-refractivity contribution in [2.24, 2.45) is 5.22 Å². The van der Waals surface area contributed by atoms with Gasteiger partial charge in [0.2, 0.25) is 5.91 Å². The first-order valence-electron chi connectivity index (χ1n) is 12.5. The molecule has 0 radical (unpaired) electrons. The molecule has 2 aromatic heterocycles. The van der Waals surface area contributed by atoms with E-state index in [1.165, 1.54) is 18.3 Å². The maximum Gasteiger partial charge on any atom is 0.357 e. The number of carboxylic acids is 1. The van der Waals surface area contributed by atoms with Gasteiger partial charge >= 0.3 is 5.97 Å². The number of H-pyrrole nitrogens is 1. The zero-order chi connectivity index (χ0) is 29.9. The molecule has 5 rings (SSSR count). The van der Waals surface area contributed by atoms with Crippen LogP contribution in [0, 0.1) is 22.6 Å². The molecule has 1 fully saturated rings. The summed E-state index contributed by atoms with van der Waals surface area (Å²) in [4.78, 5) is 36.3. The van der Waals surface area contributed by atoms with Gasteiger partial charge in [0.25, 0.3) is 0 Å². The van der Waals surface area contributed by atoms with Crippen LogP contribution in [0.4, 0.5) is 14.5 Å². The van der Waals surface area contributed by atoms with Crippen molar-refractivity contribution in [2.75, 3.05) is 5.01 Å². The highest BCUT2D eigenvalue weighted by Crippen LogP contribution is 2.45. The van der Waals surface area contributed by atoms with Crippen molar-refractivity contribution in [1.82, 2.24) is 19.9 Å². The summed E-state index contributed by atoms with van der Waals surface area (Å²) in [6.45, 7) is 0. The van der Waals surface area contributed by atoms with E-state index in [0.717, 1.165) is 23.2 Å². The summed E-state index contributed by atoms with van der Waals surface area (Å²) in [5, 5.41) is 20.0. The summed E-state index contributed by atoms with van der Waals surface area (Å²) >= 11 is 5.97. The van der Waals surface area contributed by atoms with E-state index < -0.39 is 63.8 Å². The van der Waals surface area contributed by atoms with Gasteiger partial charge in [-0.3, -0.25) is 10.2 Å². The number of amides is 1. The van der Waals surface area contributed by atoms with Crippen molar-refractivity contribution in [1.29, 1.82) is 10.9 Å². The number of pyridine rings is 1. The molecule has 38 heavy (non-hydrogen) atoms. The number of aromatic nitrogens is 3. The zero-order valence-electron chi connectivity index (χ0n) is 22.2. The van der Waals surface area contributed by atoms with Crippen molar-refractivity contribution in [2.45, 2.75) is 31.3 Å². The van der Waals surface area contributed by atoms with Crippen molar-refractivity contribution in [3.8, 4) is 11.3 Å². The Morgan fingerprint density at radius 2 is 2.13 bits per heavy atom. The van der Waals surface area contributed by atoms with Gasteiger partial charge in [0.15, 0.2) is 17.3 Å². The monoisotopic (exact) mass is 543 g/mol. The Balaban J connectivity index is 1.59. The number of aromatic amines is 1. The van der Waals surface area contributed by atoms with E-state index in [4.69, 9.17) is 31.8 Å². The smallest absolute Gasteiger partial charge is 0.357 e. The largest absolute Gasteiger partial charge is 0.476 e. The van der Waals surface area contributed by atoms with E-state index in [0.29, 0.717) is 11.3 Å². The summed E-state index contributed by atoms with van der Waals surface area (Å²) in [5.74, 6) is -4.54. The van der Waals surface area contributed by atoms with Crippen molar-refractivity contribution >= 4 is 41.1 Å². The number of hydrogen-bond acceptors (Lipinski definition) is 7. The van der Waals surface area contributed by atoms with Crippen molar-refractivity contribution in [3.05, 3.63) is 70.4 Å². The summed E-state index contributed by atoms with van der Waals surface area (Å²) in [7, 11) is 0. The molecule has 2 aliphatic heterocycles. The van der Waals surface area contributed by atoms with Gasteiger partial charge < -0.3 is 15.0 Å². The van der Waals surface area contributed by atoms with Gasteiger partial charge in [-0.25, -0.2) is 28.6 Å². The van der Waals surface area contributed by atoms with E-state index >= 15 is 4.39 Å². The minimum Gasteiger partial charge on any atom is -0.476 e. The standard InChI is InChI=1S/C24H19ClF2N8O3/c25-14-2-4-16(34(10-28)33-29)19(21(14)27)11-7-12-1-3-17(35(12)18(36)8-11)23-31-9-15(32-23)13-5-6-30-22(20(13)26)24(37)38/h2,4-6,8-10,12,17,28-29H,1,3,7H2,(H,31,32)(H,37,38)/t12-,17+/m1/s1/i7D2,12D. The molecule has 3 aromatic rings. The Bertz CT molecular complexity index is 1660. The molecule has 2 aliphatic rings. The first-order valence-corrected chi connectivity index (χ1v) is 11.4. The first-order chi connectivity index (χ1) is 19.4. The minimum absolute atomic E-state index is 0.0571. The van der Waals surface area contributed by atoms with Crippen LogP contribution in [0.25, 0.3) is 16.8 Å². The number of fused-ring (bicyclic) bond motifs is 1. The molecule has 14 heteroatoms. The molecular formula is C24H19ClF2N8O3. The second kappa shape index (κ2) is 9.74. The summed E-state index contributed by atoms with van der Waals surface area (Å²) in [6.07, 6.45) is 0.909. The number of imidazole rings is 1. The van der Waals surface area contributed by atoms with Gasteiger partial charge in [0, 0.05) is 32.2 Å². The lowest BCUT2D eigenvalue weighted by molar-refractivity contribution is -0.129. The van der Waals surface area contributed by atoms with Crippen molar-refractivity contribution < 1.29 is 27.6 Å². The Morgan fingerprint density at radius 1 is 1.34 bits per heavy atom. The lowest BCUT2D eigenvalue weighted by atomic mass is 9.92. The molecule has 0 unspecified atom stereocenters. The Kier molecular flexibility index (Phi) is 5.53. The predicted octanol–water partition coefficient (Wildman–Crippen LogP) is 4.98. The normalized spacial score (nSPS) is 23.1. The van der Waals surface area contributed by atoms with E-state index in [1.807, 2.05) is 0 Å². The number of carbonyl (C=O) groups is 2. The lowest BCUT2D eigenvalue weighted by Crippen LogP contribution is -2.39. The number of rotatable bonds is 7. The van der Waals surface area contributed by atoms with Crippen LogP contribution in [0.15, 0.2) is 41.9 Å². The summed E-state index contributed by atoms with van der Waals surface area (Å²) in [6, 6.07) is 0.357. The number of aromatic carboxylic acids is 1. The Hall–Kier alpha value is -4.52. The van der Waals surface area contributed by atoms with Crippen LogP contribution < -0.4 is 5.01 Å². The molecule has 0 saturated carbocycles. The van der Waals surface area contributed by atoms with E-state index in [2.05, 4.69) is 20.2 Å². The number of carboxylic acid groups (broad SMARTS) is 1. The molecular weight excluding hydrogens is 522 g/mol. The number of carbonyl (C=O) groups excluding carboxylic acids is 1. The fraction of sp³-hybridized carbons (Fsp3) is 0.208. The van der Waals surface area contributed by atoms with Crippen LogP contribution in [0.3, 0.4) is 0 Å². The van der Waals surface area contributed by atoms with Gasteiger partial charge in [-0.15, -0.1) is 0 Å². The predicted molar refractivity (Wildman–Crippen MR) is 132 cm³/mol. The lowest BCUT2D eigenvalue weighted by Gasteiger charge is -2.33. The van der Waals surface area contributed by atoms with Crippen LogP contribution >= 0.6 is 11.6 Å². The highest BCUT2D eigenvalue weighted by Gasteiger charge is 2.42. The van der Waals surface area contributed by atoms with Crippen LogP contribution in [0.5, 0.6) is 0 Å². The van der Waals surface area contributed by atoms with Gasteiger partial charge in [-0.2, -0.15) is 5.53 Å². The second-order valence-corrected chi connectivity index (χ2v) is 8.64. The van der Waals surface area contributed by atoms with Crippen molar-refractivity contribution in [3.63, 3.8) is 0 Å². The average Bonchev–Trinajstić information content (AvgIpc) is 3.55. The first kappa shape index (κ1) is 21.6. The van der Waals surface area contributed by atoms with E-state index in [-0.39, 0.29) is 35.6 Å². The third-order valence-corrected chi connectivity index (χ3v) is 6.45. The third kappa shape index (κ3) is 4.10. The summed E-state index contributed by atoms with van der Waals surface area (Å²) < 4.78 is 57.2. The number of benzene rings is 1. The number of nitrogens with one attached hydrogen (secondary N) is 3. The number of halogens is 3. The SMILES string of the molecule is [2H]C1([2H])C(c2c(N(C=N)N=N)ccc(Cl)c2F)=CC(=O)N2[C@H](c3ncc(-c4ccnc(C(=O)O)c4F)[nH]3)CC[C@@]21[2H]. The Labute approximate surface area is 223 Å². The number of anilines is 1. The van der Waals surface area contributed by atoms with E-state index in [9.17, 15) is 14.0 Å². The molecule has 1 amide bonds. The summed E-state index contributed by atoms with van der Waals surface area (Å²) in [5.41, 5.74) is 5.17. The van der Waals surface area contributed by atoms with Crippen LogP contribution in [0.1, 0.15) is 51.2 Å². The molecule has 4 N–H and O–H groups in total. The second-order valence-electron chi connectivity index (χ2n) is 8.23.